The van der Waals surface area contributed by atoms with Crippen LogP contribution >= 0.6 is 11.8 Å². The standard InChI is InChI=1S/C12H20N6OS/c13-10-15-11(14-9-1-7-20-8-2-9)17-12(16-10)18-3-5-19-6-4-18/h9H,1-8H2,(H3,13,14,15,16,17). The quantitative estimate of drug-likeness (QED) is 0.838. The first-order valence-corrected chi connectivity index (χ1v) is 8.15. The average molecular weight is 296 g/mol. The Bertz CT molecular complexity index is 448. The van der Waals surface area contributed by atoms with Gasteiger partial charge in [-0.15, -0.1) is 0 Å². The first-order valence-electron chi connectivity index (χ1n) is 7.00. The van der Waals surface area contributed by atoms with Crippen LogP contribution in [0.4, 0.5) is 17.8 Å². The molecule has 2 aliphatic heterocycles. The Labute approximate surface area is 122 Å². The third-order valence-electron chi connectivity index (χ3n) is 3.49. The topological polar surface area (TPSA) is 89.2 Å². The highest BCUT2D eigenvalue weighted by Crippen LogP contribution is 2.20. The molecule has 110 valence electrons. The monoisotopic (exact) mass is 296 g/mol. The Kier molecular flexibility index (Phi) is 4.41. The molecule has 2 fully saturated rings. The first-order chi connectivity index (χ1) is 9.81. The van der Waals surface area contributed by atoms with Crippen LogP contribution in [0.25, 0.3) is 0 Å². The zero-order chi connectivity index (χ0) is 13.8. The first kappa shape index (κ1) is 13.7. The summed E-state index contributed by atoms with van der Waals surface area (Å²) in [6, 6.07) is 0.440. The van der Waals surface area contributed by atoms with Gasteiger partial charge in [-0.25, -0.2) is 0 Å². The molecule has 7 nitrogen and oxygen atoms in total. The second-order valence-electron chi connectivity index (χ2n) is 4.95. The van der Waals surface area contributed by atoms with Gasteiger partial charge in [-0.1, -0.05) is 0 Å². The Balaban J connectivity index is 1.71. The van der Waals surface area contributed by atoms with Crippen LogP contribution in [0.2, 0.25) is 0 Å². The molecule has 0 radical (unpaired) electrons. The normalized spacial score (nSPS) is 20.9. The largest absolute Gasteiger partial charge is 0.378 e. The van der Waals surface area contributed by atoms with Crippen molar-refractivity contribution in [2.24, 2.45) is 0 Å². The molecule has 0 aliphatic carbocycles. The SMILES string of the molecule is Nc1nc(NC2CCSCC2)nc(N2CCOCC2)n1. The van der Waals surface area contributed by atoms with Crippen LogP contribution in [0.1, 0.15) is 12.8 Å². The highest BCUT2D eigenvalue weighted by atomic mass is 32.2. The minimum atomic E-state index is 0.272. The van der Waals surface area contributed by atoms with E-state index in [0.29, 0.717) is 31.2 Å². The zero-order valence-electron chi connectivity index (χ0n) is 11.4. The van der Waals surface area contributed by atoms with Crippen molar-refractivity contribution < 1.29 is 4.74 Å². The molecule has 20 heavy (non-hydrogen) atoms. The smallest absolute Gasteiger partial charge is 0.232 e. The second kappa shape index (κ2) is 6.45. The Hall–Kier alpha value is -1.28. The van der Waals surface area contributed by atoms with E-state index in [1.807, 2.05) is 11.8 Å². The van der Waals surface area contributed by atoms with E-state index >= 15 is 0 Å². The molecule has 3 heterocycles. The fourth-order valence-electron chi connectivity index (χ4n) is 2.37. The maximum absolute atomic E-state index is 5.81. The molecule has 2 saturated heterocycles. The van der Waals surface area contributed by atoms with Crippen LogP contribution in [-0.4, -0.2) is 58.8 Å². The predicted octanol–water partition coefficient (Wildman–Crippen LogP) is 0.598. The molecular weight excluding hydrogens is 276 g/mol. The van der Waals surface area contributed by atoms with Gasteiger partial charge in [0.1, 0.15) is 0 Å². The van der Waals surface area contributed by atoms with Gasteiger partial charge < -0.3 is 20.7 Å². The van der Waals surface area contributed by atoms with Crippen LogP contribution in [-0.2, 0) is 4.74 Å². The highest BCUT2D eigenvalue weighted by molar-refractivity contribution is 7.99. The third-order valence-corrected chi connectivity index (χ3v) is 4.54. The summed E-state index contributed by atoms with van der Waals surface area (Å²) >= 11 is 2.00. The molecule has 8 heteroatoms. The van der Waals surface area contributed by atoms with Gasteiger partial charge in [0, 0.05) is 19.1 Å². The van der Waals surface area contributed by atoms with Gasteiger partial charge in [0.15, 0.2) is 0 Å². The number of hydrogen-bond donors (Lipinski definition) is 2. The van der Waals surface area contributed by atoms with Crippen LogP contribution in [0.3, 0.4) is 0 Å². The number of hydrogen-bond acceptors (Lipinski definition) is 8. The Morgan fingerprint density at radius 2 is 1.90 bits per heavy atom. The maximum Gasteiger partial charge on any atom is 0.232 e. The van der Waals surface area contributed by atoms with Crippen molar-refractivity contribution in [3.63, 3.8) is 0 Å². The molecule has 0 atom stereocenters. The molecule has 0 aromatic carbocycles. The summed E-state index contributed by atoms with van der Waals surface area (Å²) in [6.45, 7) is 2.99. The minimum Gasteiger partial charge on any atom is -0.378 e. The summed E-state index contributed by atoms with van der Waals surface area (Å²) in [5.74, 6) is 3.89. The maximum atomic E-state index is 5.81. The van der Waals surface area contributed by atoms with E-state index in [1.54, 1.807) is 0 Å². The van der Waals surface area contributed by atoms with Gasteiger partial charge in [0.25, 0.3) is 0 Å². The van der Waals surface area contributed by atoms with E-state index in [-0.39, 0.29) is 5.95 Å². The summed E-state index contributed by atoms with van der Waals surface area (Å²) in [7, 11) is 0. The van der Waals surface area contributed by atoms with Crippen molar-refractivity contribution in [2.45, 2.75) is 18.9 Å². The van der Waals surface area contributed by atoms with Gasteiger partial charge in [-0.3, -0.25) is 0 Å². The number of nitrogens with zero attached hydrogens (tertiary/aromatic N) is 4. The number of aromatic nitrogens is 3. The van der Waals surface area contributed by atoms with Crippen molar-refractivity contribution in [2.75, 3.05) is 53.8 Å². The molecule has 1 aromatic heterocycles. The van der Waals surface area contributed by atoms with Crippen LogP contribution in [0, 0.1) is 0 Å². The van der Waals surface area contributed by atoms with Crippen LogP contribution in [0.5, 0.6) is 0 Å². The molecule has 0 unspecified atom stereocenters. The summed E-state index contributed by atoms with van der Waals surface area (Å²) in [6.07, 6.45) is 2.28. The van der Waals surface area contributed by atoms with Crippen molar-refractivity contribution >= 4 is 29.6 Å². The number of thioether (sulfide) groups is 1. The molecule has 3 N–H and O–H groups in total. The summed E-state index contributed by atoms with van der Waals surface area (Å²) in [5, 5.41) is 3.39. The molecule has 2 aliphatic rings. The number of ether oxygens (including phenoxy) is 1. The van der Waals surface area contributed by atoms with Gasteiger partial charge in [-0.2, -0.15) is 26.7 Å². The molecule has 0 amide bonds. The fraction of sp³-hybridized carbons (Fsp3) is 0.750. The van der Waals surface area contributed by atoms with E-state index in [1.165, 1.54) is 11.5 Å². The molecule has 0 bridgehead atoms. The van der Waals surface area contributed by atoms with Crippen molar-refractivity contribution in [1.82, 2.24) is 15.0 Å². The van der Waals surface area contributed by atoms with E-state index < -0.39 is 0 Å². The number of nitrogens with one attached hydrogen (secondary N) is 1. The van der Waals surface area contributed by atoms with Gasteiger partial charge in [0.05, 0.1) is 13.2 Å². The molecule has 1 aromatic rings. The molecular formula is C12H20N6OS. The van der Waals surface area contributed by atoms with Crippen molar-refractivity contribution in [3.05, 3.63) is 0 Å². The van der Waals surface area contributed by atoms with Gasteiger partial charge >= 0.3 is 0 Å². The molecule has 3 rings (SSSR count). The number of anilines is 3. The lowest BCUT2D eigenvalue weighted by Gasteiger charge is -2.27. The average Bonchev–Trinajstić information content (AvgIpc) is 2.49. The number of morpholine rings is 1. The van der Waals surface area contributed by atoms with Crippen LogP contribution < -0.4 is 16.0 Å². The zero-order valence-corrected chi connectivity index (χ0v) is 12.2. The summed E-state index contributed by atoms with van der Waals surface area (Å²) in [4.78, 5) is 15.0. The van der Waals surface area contributed by atoms with E-state index in [4.69, 9.17) is 10.5 Å². The Morgan fingerprint density at radius 3 is 2.65 bits per heavy atom. The number of rotatable bonds is 3. The van der Waals surface area contributed by atoms with E-state index in [9.17, 15) is 0 Å². The van der Waals surface area contributed by atoms with E-state index in [0.717, 1.165) is 25.9 Å². The van der Waals surface area contributed by atoms with Crippen molar-refractivity contribution in [1.29, 1.82) is 0 Å². The van der Waals surface area contributed by atoms with Gasteiger partial charge in [-0.05, 0) is 24.3 Å². The summed E-state index contributed by atoms with van der Waals surface area (Å²) < 4.78 is 5.34. The lowest BCUT2D eigenvalue weighted by Crippen LogP contribution is -2.37. The van der Waals surface area contributed by atoms with Crippen molar-refractivity contribution in [3.8, 4) is 0 Å². The summed E-state index contributed by atoms with van der Waals surface area (Å²) in [5.41, 5.74) is 5.81. The fourth-order valence-corrected chi connectivity index (χ4v) is 3.48. The van der Waals surface area contributed by atoms with Crippen LogP contribution in [0.15, 0.2) is 0 Å². The third kappa shape index (κ3) is 3.43. The lowest BCUT2D eigenvalue weighted by molar-refractivity contribution is 0.122. The number of nitrogen functional groups attached to an aromatic ring is 1. The lowest BCUT2D eigenvalue weighted by atomic mass is 10.2. The molecule has 0 saturated carbocycles. The van der Waals surface area contributed by atoms with E-state index in [2.05, 4.69) is 25.2 Å². The van der Waals surface area contributed by atoms with Gasteiger partial charge in [0.2, 0.25) is 17.8 Å². The highest BCUT2D eigenvalue weighted by Gasteiger charge is 2.18. The Morgan fingerprint density at radius 1 is 1.15 bits per heavy atom. The predicted molar refractivity (Wildman–Crippen MR) is 81.2 cm³/mol. The number of nitrogens with two attached hydrogens (primary N) is 1. The minimum absolute atomic E-state index is 0.272. The molecule has 0 spiro atoms. The second-order valence-corrected chi connectivity index (χ2v) is 6.17.